The topological polar surface area (TPSA) is 30.0 Å². The lowest BCUT2D eigenvalue weighted by Gasteiger charge is -2.04. The monoisotopic (exact) mass is 239 g/mol. The van der Waals surface area contributed by atoms with E-state index in [0.717, 1.165) is 5.39 Å². The van der Waals surface area contributed by atoms with Crippen molar-refractivity contribution < 1.29 is 4.79 Å². The molecule has 2 rings (SSSR count). The van der Waals surface area contributed by atoms with Gasteiger partial charge in [0.15, 0.2) is 5.78 Å². The summed E-state index contributed by atoms with van der Waals surface area (Å²) in [6.07, 6.45) is 1.51. The van der Waals surface area contributed by atoms with Crippen molar-refractivity contribution in [1.82, 2.24) is 4.98 Å². The normalized spacial score (nSPS) is 10.6. The number of ketones is 1. The number of carbonyl (C=O) groups excluding carboxylic acids is 1. The molecule has 0 aliphatic rings. The Kier molecular flexibility index (Phi) is 2.63. The molecule has 0 saturated heterocycles. The van der Waals surface area contributed by atoms with Crippen molar-refractivity contribution in [3.63, 3.8) is 0 Å². The minimum atomic E-state index is -0.0968. The van der Waals surface area contributed by atoms with Crippen LogP contribution in [0.4, 0.5) is 0 Å². The van der Waals surface area contributed by atoms with Crippen molar-refractivity contribution in [3.05, 3.63) is 40.0 Å². The molecule has 0 spiro atoms. The van der Waals surface area contributed by atoms with E-state index < -0.39 is 0 Å². The van der Waals surface area contributed by atoms with E-state index in [4.69, 9.17) is 23.2 Å². The molecule has 0 saturated carbocycles. The molecule has 0 N–H and O–H groups in total. The predicted octanol–water partition coefficient (Wildman–Crippen LogP) is 3.74. The van der Waals surface area contributed by atoms with Gasteiger partial charge in [0.25, 0.3) is 0 Å². The molecule has 1 heterocycles. The van der Waals surface area contributed by atoms with Gasteiger partial charge >= 0.3 is 0 Å². The summed E-state index contributed by atoms with van der Waals surface area (Å²) in [5.74, 6) is -0.0968. The second kappa shape index (κ2) is 3.80. The van der Waals surface area contributed by atoms with Gasteiger partial charge in [-0.05, 0) is 19.1 Å². The van der Waals surface area contributed by atoms with Crippen LogP contribution in [0.3, 0.4) is 0 Å². The molecule has 2 aromatic rings. The number of hydrogen-bond donors (Lipinski definition) is 0. The van der Waals surface area contributed by atoms with Crippen LogP contribution in [0.15, 0.2) is 24.4 Å². The van der Waals surface area contributed by atoms with Gasteiger partial charge in [-0.1, -0.05) is 29.3 Å². The second-order valence-corrected chi connectivity index (χ2v) is 4.05. The molecule has 0 aliphatic heterocycles. The average Bonchev–Trinajstić information content (AvgIpc) is 2.17. The smallest absolute Gasteiger partial charge is 0.163 e. The Morgan fingerprint density at radius 3 is 2.73 bits per heavy atom. The van der Waals surface area contributed by atoms with E-state index in [2.05, 4.69) is 4.98 Å². The first-order valence-corrected chi connectivity index (χ1v) is 5.10. The molecule has 2 nitrogen and oxygen atoms in total. The van der Waals surface area contributed by atoms with Gasteiger partial charge in [0.2, 0.25) is 0 Å². The standard InChI is InChI=1S/C11H7Cl2NO/c1-6(15)10-9(13)3-2-7-4-8(12)5-14-11(7)10/h2-5H,1H3. The summed E-state index contributed by atoms with van der Waals surface area (Å²) < 4.78 is 0. The summed E-state index contributed by atoms with van der Waals surface area (Å²) in [6, 6.07) is 5.23. The van der Waals surface area contributed by atoms with Crippen LogP contribution in [0.25, 0.3) is 10.9 Å². The molecule has 4 heteroatoms. The summed E-state index contributed by atoms with van der Waals surface area (Å²) in [5.41, 5.74) is 1.05. The van der Waals surface area contributed by atoms with Crippen LogP contribution >= 0.6 is 23.2 Å². The van der Waals surface area contributed by atoms with E-state index in [1.807, 2.05) is 0 Å². The zero-order valence-electron chi connectivity index (χ0n) is 7.92. The largest absolute Gasteiger partial charge is 0.294 e. The van der Waals surface area contributed by atoms with Crippen LogP contribution in [0, 0.1) is 0 Å². The first-order chi connectivity index (χ1) is 7.09. The summed E-state index contributed by atoms with van der Waals surface area (Å²) in [4.78, 5) is 15.5. The quantitative estimate of drug-likeness (QED) is 0.710. The van der Waals surface area contributed by atoms with Crippen LogP contribution in [0.1, 0.15) is 17.3 Å². The second-order valence-electron chi connectivity index (χ2n) is 3.20. The molecule has 0 fully saturated rings. The molecule has 76 valence electrons. The lowest BCUT2D eigenvalue weighted by atomic mass is 10.1. The molecule has 0 radical (unpaired) electrons. The van der Waals surface area contributed by atoms with E-state index in [1.54, 1.807) is 18.2 Å². The molecule has 0 unspecified atom stereocenters. The molecule has 0 aliphatic carbocycles. The van der Waals surface area contributed by atoms with Gasteiger partial charge in [-0.15, -0.1) is 0 Å². The van der Waals surface area contributed by atoms with Crippen LogP contribution in [0.5, 0.6) is 0 Å². The molecule has 1 aromatic heterocycles. The number of hydrogen-bond acceptors (Lipinski definition) is 2. The van der Waals surface area contributed by atoms with E-state index >= 15 is 0 Å². The summed E-state index contributed by atoms with van der Waals surface area (Å²) >= 11 is 11.8. The third-order valence-electron chi connectivity index (χ3n) is 2.12. The third kappa shape index (κ3) is 1.83. The van der Waals surface area contributed by atoms with Crippen molar-refractivity contribution in [2.45, 2.75) is 6.92 Å². The van der Waals surface area contributed by atoms with E-state index in [9.17, 15) is 4.79 Å². The van der Waals surface area contributed by atoms with Crippen LogP contribution < -0.4 is 0 Å². The number of benzene rings is 1. The Morgan fingerprint density at radius 1 is 1.33 bits per heavy atom. The first-order valence-electron chi connectivity index (χ1n) is 4.34. The summed E-state index contributed by atoms with van der Waals surface area (Å²) in [7, 11) is 0. The van der Waals surface area contributed by atoms with Crippen molar-refractivity contribution in [1.29, 1.82) is 0 Å². The zero-order chi connectivity index (χ0) is 11.0. The summed E-state index contributed by atoms with van der Waals surface area (Å²) in [6.45, 7) is 1.47. The fourth-order valence-electron chi connectivity index (χ4n) is 1.49. The summed E-state index contributed by atoms with van der Waals surface area (Å²) in [5, 5.41) is 1.78. The number of aromatic nitrogens is 1. The molecule has 0 atom stereocenters. The number of nitrogens with zero attached hydrogens (tertiary/aromatic N) is 1. The van der Waals surface area contributed by atoms with Crippen LogP contribution in [-0.4, -0.2) is 10.8 Å². The fourth-order valence-corrected chi connectivity index (χ4v) is 1.94. The Labute approximate surface area is 96.8 Å². The fraction of sp³-hybridized carbons (Fsp3) is 0.0909. The third-order valence-corrected chi connectivity index (χ3v) is 2.64. The first kappa shape index (κ1) is 10.4. The highest BCUT2D eigenvalue weighted by atomic mass is 35.5. The highest BCUT2D eigenvalue weighted by Crippen LogP contribution is 2.26. The van der Waals surface area contributed by atoms with E-state index in [1.165, 1.54) is 13.1 Å². The molecule has 1 aromatic carbocycles. The van der Waals surface area contributed by atoms with Crippen molar-refractivity contribution in [2.24, 2.45) is 0 Å². The molecular formula is C11H7Cl2NO. The van der Waals surface area contributed by atoms with Crippen molar-refractivity contribution in [2.75, 3.05) is 0 Å². The van der Waals surface area contributed by atoms with Gasteiger partial charge in [0, 0.05) is 11.6 Å². The van der Waals surface area contributed by atoms with Crippen molar-refractivity contribution in [3.8, 4) is 0 Å². The number of carbonyl (C=O) groups is 1. The number of halogens is 2. The predicted molar refractivity (Wildman–Crippen MR) is 61.8 cm³/mol. The van der Waals surface area contributed by atoms with Crippen molar-refractivity contribution >= 4 is 39.9 Å². The number of rotatable bonds is 1. The average molecular weight is 240 g/mol. The minimum absolute atomic E-state index is 0.0968. The number of pyridine rings is 1. The Bertz CT molecular complexity index is 552. The van der Waals surface area contributed by atoms with Gasteiger partial charge < -0.3 is 0 Å². The minimum Gasteiger partial charge on any atom is -0.294 e. The van der Waals surface area contributed by atoms with Gasteiger partial charge in [-0.2, -0.15) is 0 Å². The molecular weight excluding hydrogens is 233 g/mol. The maximum absolute atomic E-state index is 11.4. The number of Topliss-reactive ketones (excluding diaryl/α,β-unsaturated/α-hetero) is 1. The highest BCUT2D eigenvalue weighted by molar-refractivity contribution is 6.36. The molecule has 0 amide bonds. The Hall–Kier alpha value is -1.12. The van der Waals surface area contributed by atoms with Crippen LogP contribution in [0.2, 0.25) is 10.0 Å². The Morgan fingerprint density at radius 2 is 2.07 bits per heavy atom. The van der Waals surface area contributed by atoms with Gasteiger partial charge in [-0.25, -0.2) is 0 Å². The molecule has 15 heavy (non-hydrogen) atoms. The molecule has 0 bridgehead atoms. The van der Waals surface area contributed by atoms with E-state index in [-0.39, 0.29) is 5.78 Å². The maximum Gasteiger partial charge on any atom is 0.163 e. The SMILES string of the molecule is CC(=O)c1c(Cl)ccc2cc(Cl)cnc12. The number of fused-ring (bicyclic) bond motifs is 1. The highest BCUT2D eigenvalue weighted by Gasteiger charge is 2.11. The van der Waals surface area contributed by atoms with Gasteiger partial charge in [-0.3, -0.25) is 9.78 Å². The lowest BCUT2D eigenvalue weighted by molar-refractivity contribution is 0.101. The van der Waals surface area contributed by atoms with E-state index in [0.29, 0.717) is 21.1 Å². The Balaban J connectivity index is 2.88. The van der Waals surface area contributed by atoms with Gasteiger partial charge in [0.1, 0.15) is 0 Å². The van der Waals surface area contributed by atoms with Gasteiger partial charge in [0.05, 0.1) is 21.1 Å². The lowest BCUT2D eigenvalue weighted by Crippen LogP contribution is -1.96. The van der Waals surface area contributed by atoms with Crippen LogP contribution in [-0.2, 0) is 0 Å². The maximum atomic E-state index is 11.4. The zero-order valence-corrected chi connectivity index (χ0v) is 9.43.